The van der Waals surface area contributed by atoms with Gasteiger partial charge in [0.05, 0.1) is 34.6 Å². The minimum atomic E-state index is -3.55. The molecule has 0 aliphatic rings. The van der Waals surface area contributed by atoms with Crippen molar-refractivity contribution in [2.24, 2.45) is 0 Å². The van der Waals surface area contributed by atoms with E-state index in [1.54, 1.807) is 18.2 Å². The molecular formula is C10H8BrIN2O3S. The Bertz CT molecular complexity index is 739. The van der Waals surface area contributed by atoms with Gasteiger partial charge in [-0.1, -0.05) is 6.07 Å². The molecule has 1 aromatic heterocycles. The summed E-state index contributed by atoms with van der Waals surface area (Å²) in [6, 6.07) is 5.00. The van der Waals surface area contributed by atoms with Gasteiger partial charge in [-0.15, -0.1) is 0 Å². The van der Waals surface area contributed by atoms with E-state index in [9.17, 15) is 13.2 Å². The van der Waals surface area contributed by atoms with Gasteiger partial charge in [-0.05, 0) is 28.1 Å². The number of sulfonamides is 1. The van der Waals surface area contributed by atoms with Crippen LogP contribution in [0, 0.1) is 0 Å². The molecule has 1 amide bonds. The summed E-state index contributed by atoms with van der Waals surface area (Å²) in [6.45, 7) is 0. The lowest BCUT2D eigenvalue weighted by atomic mass is 10.1. The van der Waals surface area contributed by atoms with Crippen molar-refractivity contribution in [3.05, 3.63) is 34.4 Å². The number of amides is 1. The predicted molar refractivity (Wildman–Crippen MR) is 81.4 cm³/mol. The topological polar surface area (TPSA) is 68.2 Å². The van der Waals surface area contributed by atoms with Crippen LogP contribution in [-0.2, 0) is 10.0 Å². The molecule has 0 atom stereocenters. The summed E-state index contributed by atoms with van der Waals surface area (Å²) in [5.74, 6) is -0.631. The number of benzene rings is 1. The number of hydrogen-bond donors (Lipinski definition) is 1. The standard InChI is InChI=1S/C10H8BrIN2O3S/c1-18(16,17)13-10(15)6-2-3-7-8(11)5-14(12)9(7)4-6/h2-5H,1H3,(H,13,15). The van der Waals surface area contributed by atoms with Crippen LogP contribution in [0.25, 0.3) is 10.9 Å². The summed E-state index contributed by atoms with van der Waals surface area (Å²) in [4.78, 5) is 11.7. The van der Waals surface area contributed by atoms with Crippen molar-refractivity contribution in [3.63, 3.8) is 0 Å². The second kappa shape index (κ2) is 4.82. The molecule has 96 valence electrons. The van der Waals surface area contributed by atoms with E-state index >= 15 is 0 Å². The quantitative estimate of drug-likeness (QED) is 0.725. The van der Waals surface area contributed by atoms with E-state index in [1.807, 2.05) is 13.7 Å². The lowest BCUT2D eigenvalue weighted by Crippen LogP contribution is -2.29. The Balaban J connectivity index is 2.47. The molecule has 1 aromatic carbocycles. The van der Waals surface area contributed by atoms with E-state index in [2.05, 4.69) is 38.8 Å². The molecular weight excluding hydrogens is 435 g/mol. The highest BCUT2D eigenvalue weighted by molar-refractivity contribution is 14.1. The number of hydrogen-bond acceptors (Lipinski definition) is 3. The lowest BCUT2D eigenvalue weighted by Gasteiger charge is -2.03. The van der Waals surface area contributed by atoms with Gasteiger partial charge in [0.2, 0.25) is 10.0 Å². The third-order valence-corrected chi connectivity index (χ3v) is 4.24. The maximum atomic E-state index is 11.7. The first kappa shape index (κ1) is 13.8. The molecule has 8 heteroatoms. The molecule has 0 aliphatic carbocycles. The fourth-order valence-corrected chi connectivity index (χ4v) is 3.57. The number of rotatable bonds is 2. The van der Waals surface area contributed by atoms with Crippen molar-refractivity contribution < 1.29 is 13.2 Å². The van der Waals surface area contributed by atoms with Crippen LogP contribution in [-0.4, -0.2) is 23.4 Å². The van der Waals surface area contributed by atoms with Crippen LogP contribution in [0.5, 0.6) is 0 Å². The maximum Gasteiger partial charge on any atom is 0.264 e. The molecule has 0 saturated heterocycles. The second-order valence-electron chi connectivity index (χ2n) is 3.72. The highest BCUT2D eigenvalue weighted by Gasteiger charge is 2.13. The van der Waals surface area contributed by atoms with Crippen molar-refractivity contribution in [2.75, 3.05) is 6.26 Å². The summed E-state index contributed by atoms with van der Waals surface area (Å²) in [5.41, 5.74) is 1.14. The molecule has 0 fully saturated rings. The number of halogens is 2. The molecule has 18 heavy (non-hydrogen) atoms. The molecule has 0 saturated carbocycles. The number of fused-ring (bicyclic) bond motifs is 1. The van der Waals surface area contributed by atoms with E-state index in [0.29, 0.717) is 5.56 Å². The highest BCUT2D eigenvalue weighted by Crippen LogP contribution is 2.28. The summed E-state index contributed by atoms with van der Waals surface area (Å²) in [5, 5.41) is 0.959. The number of nitrogens with one attached hydrogen (secondary N) is 1. The number of nitrogens with zero attached hydrogens (tertiary/aromatic N) is 1. The normalized spacial score (nSPS) is 11.7. The minimum Gasteiger partial charge on any atom is -0.288 e. The molecule has 1 N–H and O–H groups in total. The Hall–Kier alpha value is -0.610. The Morgan fingerprint density at radius 3 is 2.72 bits per heavy atom. The fourth-order valence-electron chi connectivity index (χ4n) is 1.52. The van der Waals surface area contributed by atoms with Crippen LogP contribution in [0.15, 0.2) is 28.9 Å². The number of aromatic nitrogens is 1. The Morgan fingerprint density at radius 1 is 1.44 bits per heavy atom. The Kier molecular flexibility index (Phi) is 3.70. The van der Waals surface area contributed by atoms with Gasteiger partial charge >= 0.3 is 0 Å². The van der Waals surface area contributed by atoms with Gasteiger partial charge in [0, 0.05) is 21.6 Å². The monoisotopic (exact) mass is 442 g/mol. The third-order valence-electron chi connectivity index (χ3n) is 2.25. The van der Waals surface area contributed by atoms with E-state index < -0.39 is 15.9 Å². The SMILES string of the molecule is CS(=O)(=O)NC(=O)c1ccc2c(Br)cn(I)c2c1. The lowest BCUT2D eigenvalue weighted by molar-refractivity contribution is 0.0982. The summed E-state index contributed by atoms with van der Waals surface area (Å²) in [7, 11) is -3.55. The highest BCUT2D eigenvalue weighted by atomic mass is 127. The van der Waals surface area contributed by atoms with Crippen LogP contribution in [0.3, 0.4) is 0 Å². The van der Waals surface area contributed by atoms with Gasteiger partial charge in [0.1, 0.15) is 0 Å². The molecule has 5 nitrogen and oxygen atoms in total. The van der Waals surface area contributed by atoms with Crippen LogP contribution in [0.2, 0.25) is 0 Å². The largest absolute Gasteiger partial charge is 0.288 e. The molecule has 0 radical (unpaired) electrons. The van der Waals surface area contributed by atoms with Gasteiger partial charge in [0.25, 0.3) is 5.91 Å². The zero-order valence-corrected chi connectivity index (χ0v) is 13.7. The van der Waals surface area contributed by atoms with Crippen LogP contribution in [0.4, 0.5) is 0 Å². The van der Waals surface area contributed by atoms with Crippen molar-refractivity contribution in [1.82, 2.24) is 7.50 Å². The van der Waals surface area contributed by atoms with Crippen LogP contribution >= 0.6 is 38.8 Å². The van der Waals surface area contributed by atoms with E-state index in [4.69, 9.17) is 0 Å². The van der Waals surface area contributed by atoms with Crippen molar-refractivity contribution in [1.29, 1.82) is 0 Å². The first-order chi connectivity index (χ1) is 8.28. The van der Waals surface area contributed by atoms with E-state index in [0.717, 1.165) is 21.6 Å². The van der Waals surface area contributed by atoms with Crippen LogP contribution in [0.1, 0.15) is 10.4 Å². The minimum absolute atomic E-state index is 0.302. The van der Waals surface area contributed by atoms with Gasteiger partial charge in [0.15, 0.2) is 0 Å². The van der Waals surface area contributed by atoms with Crippen molar-refractivity contribution in [3.8, 4) is 0 Å². The fraction of sp³-hybridized carbons (Fsp3) is 0.100. The Labute approximate surface area is 126 Å². The molecule has 0 spiro atoms. The maximum absolute atomic E-state index is 11.7. The molecule has 0 bridgehead atoms. The van der Waals surface area contributed by atoms with Gasteiger partial charge in [-0.2, -0.15) is 0 Å². The first-order valence-electron chi connectivity index (χ1n) is 4.77. The van der Waals surface area contributed by atoms with Crippen molar-refractivity contribution >= 4 is 65.6 Å². The Morgan fingerprint density at radius 2 is 2.11 bits per heavy atom. The average molecular weight is 443 g/mol. The second-order valence-corrected chi connectivity index (χ2v) is 7.37. The number of carbonyl (C=O) groups excluding carboxylic acids is 1. The summed E-state index contributed by atoms with van der Waals surface area (Å²) < 4.78 is 26.7. The average Bonchev–Trinajstić information content (AvgIpc) is 2.52. The van der Waals surface area contributed by atoms with Gasteiger partial charge in [-0.25, -0.2) is 13.1 Å². The first-order valence-corrected chi connectivity index (χ1v) is 8.42. The van der Waals surface area contributed by atoms with E-state index in [1.165, 1.54) is 0 Å². The smallest absolute Gasteiger partial charge is 0.264 e. The predicted octanol–water partition coefficient (Wildman–Crippen LogP) is 2.29. The molecule has 0 unspecified atom stereocenters. The molecule has 0 aliphatic heterocycles. The van der Waals surface area contributed by atoms with Crippen LogP contribution < -0.4 is 4.72 Å². The molecule has 2 rings (SSSR count). The zero-order chi connectivity index (χ0) is 13.5. The summed E-state index contributed by atoms with van der Waals surface area (Å²) in [6.07, 6.45) is 2.81. The number of carbonyl (C=O) groups is 1. The summed E-state index contributed by atoms with van der Waals surface area (Å²) >= 11 is 5.49. The van der Waals surface area contributed by atoms with Gasteiger partial charge in [-0.3, -0.25) is 7.58 Å². The molecule has 2 aromatic rings. The van der Waals surface area contributed by atoms with Gasteiger partial charge < -0.3 is 0 Å². The third kappa shape index (κ3) is 2.86. The molecule has 1 heterocycles. The zero-order valence-electron chi connectivity index (χ0n) is 9.15. The van der Waals surface area contributed by atoms with Crippen molar-refractivity contribution in [2.45, 2.75) is 0 Å². The van der Waals surface area contributed by atoms with E-state index in [-0.39, 0.29) is 0 Å².